The molecule has 2 aromatic rings. The first-order chi connectivity index (χ1) is 9.65. The number of benzene rings is 1. The van der Waals surface area contributed by atoms with Crippen molar-refractivity contribution in [2.24, 2.45) is 0 Å². The van der Waals surface area contributed by atoms with Gasteiger partial charge in [-0.25, -0.2) is 0 Å². The standard InChI is InChI=1S/C16H17ClN2O/c1-11-14(16(20)19-7-3-2-4-8-19)10-12-9-13(17)5-6-15(12)18-11/h5-6,9-10H,2-4,7-8H2,1H3. The minimum absolute atomic E-state index is 0.0941. The zero-order valence-electron chi connectivity index (χ0n) is 11.5. The monoisotopic (exact) mass is 288 g/mol. The normalized spacial score (nSPS) is 15.6. The van der Waals surface area contributed by atoms with Crippen LogP contribution in [0.25, 0.3) is 10.9 Å². The SMILES string of the molecule is Cc1nc2ccc(Cl)cc2cc1C(=O)N1CCCCC1. The first-order valence-corrected chi connectivity index (χ1v) is 7.39. The molecule has 1 amide bonds. The Morgan fingerprint density at radius 2 is 1.95 bits per heavy atom. The van der Waals surface area contributed by atoms with Gasteiger partial charge in [-0.1, -0.05) is 11.6 Å². The molecule has 0 bridgehead atoms. The lowest BCUT2D eigenvalue weighted by atomic mass is 10.1. The zero-order chi connectivity index (χ0) is 14.1. The fraction of sp³-hybridized carbons (Fsp3) is 0.375. The Kier molecular flexibility index (Phi) is 3.62. The van der Waals surface area contributed by atoms with Gasteiger partial charge in [0.1, 0.15) is 0 Å². The molecule has 0 unspecified atom stereocenters. The third-order valence-electron chi connectivity index (χ3n) is 3.84. The molecule has 3 rings (SSSR count). The maximum atomic E-state index is 12.6. The number of nitrogens with zero attached hydrogens (tertiary/aromatic N) is 2. The molecule has 0 radical (unpaired) electrons. The number of carbonyl (C=O) groups excluding carboxylic acids is 1. The highest BCUT2D eigenvalue weighted by molar-refractivity contribution is 6.31. The van der Waals surface area contributed by atoms with Crippen LogP contribution >= 0.6 is 11.6 Å². The van der Waals surface area contributed by atoms with Gasteiger partial charge in [0, 0.05) is 23.5 Å². The van der Waals surface area contributed by atoms with E-state index < -0.39 is 0 Å². The van der Waals surface area contributed by atoms with Gasteiger partial charge in [0.2, 0.25) is 0 Å². The number of hydrogen-bond donors (Lipinski definition) is 0. The van der Waals surface area contributed by atoms with E-state index in [1.807, 2.05) is 36.1 Å². The van der Waals surface area contributed by atoms with Crippen molar-refractivity contribution in [3.8, 4) is 0 Å². The molecule has 1 saturated heterocycles. The van der Waals surface area contributed by atoms with Crippen molar-refractivity contribution in [2.75, 3.05) is 13.1 Å². The van der Waals surface area contributed by atoms with Crippen molar-refractivity contribution in [3.05, 3.63) is 40.5 Å². The smallest absolute Gasteiger partial charge is 0.255 e. The molecule has 1 aliphatic rings. The van der Waals surface area contributed by atoms with Crippen LogP contribution < -0.4 is 0 Å². The molecular formula is C16H17ClN2O. The van der Waals surface area contributed by atoms with E-state index >= 15 is 0 Å². The van der Waals surface area contributed by atoms with Gasteiger partial charge in [-0.05, 0) is 50.5 Å². The molecule has 0 saturated carbocycles. The zero-order valence-corrected chi connectivity index (χ0v) is 12.3. The van der Waals surface area contributed by atoms with Crippen LogP contribution in [0, 0.1) is 6.92 Å². The van der Waals surface area contributed by atoms with Crippen LogP contribution in [0.2, 0.25) is 5.02 Å². The van der Waals surface area contributed by atoms with E-state index in [0.717, 1.165) is 42.5 Å². The summed E-state index contributed by atoms with van der Waals surface area (Å²) in [6.07, 6.45) is 3.41. The number of hydrogen-bond acceptors (Lipinski definition) is 2. The van der Waals surface area contributed by atoms with Crippen molar-refractivity contribution >= 4 is 28.4 Å². The van der Waals surface area contributed by atoms with E-state index in [9.17, 15) is 4.79 Å². The average molecular weight is 289 g/mol. The Morgan fingerprint density at radius 3 is 2.70 bits per heavy atom. The second-order valence-electron chi connectivity index (χ2n) is 5.31. The lowest BCUT2D eigenvalue weighted by Gasteiger charge is -2.27. The van der Waals surface area contributed by atoms with Crippen LogP contribution in [0.5, 0.6) is 0 Å². The minimum atomic E-state index is 0.0941. The molecule has 0 aliphatic carbocycles. The largest absolute Gasteiger partial charge is 0.339 e. The Bertz CT molecular complexity index is 663. The lowest BCUT2D eigenvalue weighted by Crippen LogP contribution is -2.36. The molecule has 1 aliphatic heterocycles. The molecule has 20 heavy (non-hydrogen) atoms. The summed E-state index contributed by atoms with van der Waals surface area (Å²) in [5.41, 5.74) is 2.36. The Labute approximate surface area is 123 Å². The van der Waals surface area contributed by atoms with Crippen LogP contribution in [-0.2, 0) is 0 Å². The average Bonchev–Trinajstić information content (AvgIpc) is 2.47. The minimum Gasteiger partial charge on any atom is -0.339 e. The first-order valence-electron chi connectivity index (χ1n) is 7.01. The molecular weight excluding hydrogens is 272 g/mol. The molecule has 0 N–H and O–H groups in total. The van der Waals surface area contributed by atoms with Gasteiger partial charge in [0.15, 0.2) is 0 Å². The second kappa shape index (κ2) is 5.41. The van der Waals surface area contributed by atoms with Gasteiger partial charge in [-0.2, -0.15) is 0 Å². The highest BCUT2D eigenvalue weighted by Crippen LogP contribution is 2.22. The topological polar surface area (TPSA) is 33.2 Å². The summed E-state index contributed by atoms with van der Waals surface area (Å²) < 4.78 is 0. The van der Waals surface area contributed by atoms with E-state index in [4.69, 9.17) is 11.6 Å². The summed E-state index contributed by atoms with van der Waals surface area (Å²) in [6.45, 7) is 3.60. The van der Waals surface area contributed by atoms with Gasteiger partial charge in [0.05, 0.1) is 16.8 Å². The second-order valence-corrected chi connectivity index (χ2v) is 5.75. The quantitative estimate of drug-likeness (QED) is 0.799. The number of fused-ring (bicyclic) bond motifs is 1. The summed E-state index contributed by atoms with van der Waals surface area (Å²) in [4.78, 5) is 19.1. The fourth-order valence-electron chi connectivity index (χ4n) is 2.73. The van der Waals surface area contributed by atoms with Gasteiger partial charge < -0.3 is 4.90 Å². The summed E-state index contributed by atoms with van der Waals surface area (Å²) >= 11 is 6.02. The Balaban J connectivity index is 2.01. The number of halogens is 1. The van der Waals surface area contributed by atoms with Crippen LogP contribution in [0.15, 0.2) is 24.3 Å². The number of likely N-dealkylation sites (tertiary alicyclic amines) is 1. The molecule has 4 heteroatoms. The fourth-order valence-corrected chi connectivity index (χ4v) is 2.91. The highest BCUT2D eigenvalue weighted by atomic mass is 35.5. The number of rotatable bonds is 1. The summed E-state index contributed by atoms with van der Waals surface area (Å²) in [7, 11) is 0. The predicted molar refractivity (Wildman–Crippen MR) is 81.2 cm³/mol. The number of piperidine rings is 1. The molecule has 0 spiro atoms. The maximum Gasteiger partial charge on any atom is 0.255 e. The Hall–Kier alpha value is -1.61. The lowest BCUT2D eigenvalue weighted by molar-refractivity contribution is 0.0723. The van der Waals surface area contributed by atoms with Gasteiger partial charge in [0.25, 0.3) is 5.91 Å². The van der Waals surface area contributed by atoms with Crippen LogP contribution in [0.4, 0.5) is 0 Å². The highest BCUT2D eigenvalue weighted by Gasteiger charge is 2.20. The van der Waals surface area contributed by atoms with E-state index in [2.05, 4.69) is 4.98 Å². The van der Waals surface area contributed by atoms with Gasteiger partial charge in [-0.3, -0.25) is 9.78 Å². The maximum absolute atomic E-state index is 12.6. The number of pyridine rings is 1. The van der Waals surface area contributed by atoms with Gasteiger partial charge >= 0.3 is 0 Å². The number of carbonyl (C=O) groups is 1. The third kappa shape index (κ3) is 2.50. The van der Waals surface area contributed by atoms with Crippen molar-refractivity contribution in [1.29, 1.82) is 0 Å². The van der Waals surface area contributed by atoms with E-state index in [0.29, 0.717) is 10.6 Å². The molecule has 1 aromatic heterocycles. The van der Waals surface area contributed by atoms with E-state index in [1.165, 1.54) is 6.42 Å². The molecule has 0 atom stereocenters. The van der Waals surface area contributed by atoms with Crippen LogP contribution in [0.3, 0.4) is 0 Å². The van der Waals surface area contributed by atoms with Gasteiger partial charge in [-0.15, -0.1) is 0 Å². The molecule has 3 nitrogen and oxygen atoms in total. The summed E-state index contributed by atoms with van der Waals surface area (Å²) in [6, 6.07) is 7.49. The predicted octanol–water partition coefficient (Wildman–Crippen LogP) is 3.82. The summed E-state index contributed by atoms with van der Waals surface area (Å²) in [5, 5.41) is 1.59. The molecule has 1 aromatic carbocycles. The molecule has 2 heterocycles. The van der Waals surface area contributed by atoms with Crippen LogP contribution in [0.1, 0.15) is 35.3 Å². The van der Waals surface area contributed by atoms with Crippen molar-refractivity contribution in [3.63, 3.8) is 0 Å². The summed E-state index contributed by atoms with van der Waals surface area (Å²) in [5.74, 6) is 0.0941. The third-order valence-corrected chi connectivity index (χ3v) is 4.08. The van der Waals surface area contributed by atoms with E-state index in [-0.39, 0.29) is 5.91 Å². The number of aryl methyl sites for hydroxylation is 1. The van der Waals surface area contributed by atoms with Crippen LogP contribution in [-0.4, -0.2) is 28.9 Å². The first kappa shape index (κ1) is 13.4. The number of amides is 1. The number of aromatic nitrogens is 1. The van der Waals surface area contributed by atoms with E-state index in [1.54, 1.807) is 0 Å². The molecule has 1 fully saturated rings. The van der Waals surface area contributed by atoms with Crippen molar-refractivity contribution < 1.29 is 4.79 Å². The van der Waals surface area contributed by atoms with Crippen molar-refractivity contribution in [1.82, 2.24) is 9.88 Å². The molecule has 104 valence electrons. The van der Waals surface area contributed by atoms with Crippen molar-refractivity contribution in [2.45, 2.75) is 26.2 Å². The Morgan fingerprint density at radius 1 is 1.20 bits per heavy atom.